The zero-order valence-electron chi connectivity index (χ0n) is 62.6. The summed E-state index contributed by atoms with van der Waals surface area (Å²) in [7, 11) is -6.04. The third kappa shape index (κ3) is 17.6. The van der Waals surface area contributed by atoms with Crippen LogP contribution in [0.2, 0.25) is 0 Å². The minimum atomic E-state index is -3.85. The lowest BCUT2D eigenvalue weighted by Crippen LogP contribution is -2.37. The van der Waals surface area contributed by atoms with E-state index in [-0.39, 0.29) is 103 Å². The fourth-order valence-electron chi connectivity index (χ4n) is 16.6. The van der Waals surface area contributed by atoms with Gasteiger partial charge in [-0.1, -0.05) is 62.0 Å². The second-order valence-corrected chi connectivity index (χ2v) is 35.8. The Kier molecular flexibility index (Phi) is 24.2. The molecule has 114 heavy (non-hydrogen) atoms. The molecule has 32 heteroatoms. The van der Waals surface area contributed by atoms with E-state index >= 15 is 0 Å². The zero-order valence-corrected chi connectivity index (χ0v) is 65.8. The van der Waals surface area contributed by atoms with Crippen LogP contribution in [0.4, 0.5) is 26.3 Å². The number of carbonyl (C=O) groups is 1. The molecule has 3 aromatic carbocycles. The molecule has 604 valence electrons. The minimum absolute atomic E-state index is 0. The molecular weight excluding hydrogens is 1550 g/mol. The summed E-state index contributed by atoms with van der Waals surface area (Å²) < 4.78 is 168. The SMILES string of the molecule is C.Cl.Cn1cc(-c2cn(S(=O)(=O)c3ccccc3)c3ncc(C4CCC(=O)CC4)cc23)cn1.Cn1cc(-c2cn(S(=O)(=O)c3ccccc3)c3ncc(C4CCC(N5CCC(F)(F)C5)CC4)cc23)cn1.Cn1cc(-c2cn(S(=O)(=O)c3ccccc3)c3ncc(C4CCC(N5CCC(F)(F)C5)CC4)cc23)cn1.FC1(F)CCNC1. The number of Topliss-reactive ketones (excluding diaryl/α,β-unsaturated/α-hetero) is 1. The molecule has 3 aliphatic carbocycles. The number of hydrogen-bond donors (Lipinski definition) is 1. The molecule has 12 heterocycles. The highest BCUT2D eigenvalue weighted by molar-refractivity contribution is 7.90. The van der Waals surface area contributed by atoms with Crippen molar-refractivity contribution in [3.63, 3.8) is 0 Å². The number of rotatable bonds is 14. The van der Waals surface area contributed by atoms with Gasteiger partial charge in [0.15, 0.2) is 16.9 Å². The van der Waals surface area contributed by atoms with Crippen LogP contribution in [0.25, 0.3) is 66.5 Å². The topological polar surface area (TPSA) is 245 Å². The van der Waals surface area contributed by atoms with Crippen molar-refractivity contribution in [1.82, 2.24) is 71.3 Å². The van der Waals surface area contributed by atoms with Crippen LogP contribution in [-0.2, 0) is 56.0 Å². The second-order valence-electron chi connectivity index (χ2n) is 30.4. The summed E-state index contributed by atoms with van der Waals surface area (Å²) in [5.74, 6) is -6.48. The van der Waals surface area contributed by atoms with E-state index < -0.39 is 47.8 Å². The second kappa shape index (κ2) is 33.5. The summed E-state index contributed by atoms with van der Waals surface area (Å²) >= 11 is 0. The molecule has 0 unspecified atom stereocenters. The van der Waals surface area contributed by atoms with Gasteiger partial charge in [-0.05, 0) is 153 Å². The minimum Gasteiger partial charge on any atom is -0.311 e. The average Bonchev–Trinajstić information content (AvgIpc) is 1.60. The number of nitrogens with zero attached hydrogens (tertiary/aromatic N) is 14. The van der Waals surface area contributed by atoms with Crippen molar-refractivity contribution in [2.75, 3.05) is 39.3 Å². The molecule has 0 bridgehead atoms. The Morgan fingerprint density at radius 2 is 0.728 bits per heavy atom. The third-order valence-electron chi connectivity index (χ3n) is 22.7. The number of hydrogen-bond acceptors (Lipinski definition) is 16. The van der Waals surface area contributed by atoms with Gasteiger partial charge in [0.1, 0.15) is 5.78 Å². The predicted octanol–water partition coefficient (Wildman–Crippen LogP) is 15.7. The summed E-state index contributed by atoms with van der Waals surface area (Å²) in [5.41, 5.74) is 9.01. The summed E-state index contributed by atoms with van der Waals surface area (Å²) in [5, 5.41) is 17.6. The maximum Gasteiger partial charge on any atom is 0.269 e. The largest absolute Gasteiger partial charge is 0.311 e. The van der Waals surface area contributed by atoms with Crippen molar-refractivity contribution in [3.8, 4) is 33.4 Å². The Balaban J connectivity index is 0.000000142. The lowest BCUT2D eigenvalue weighted by Gasteiger charge is -2.34. The highest BCUT2D eigenvalue weighted by Crippen LogP contribution is 2.44. The number of ketones is 1. The highest BCUT2D eigenvalue weighted by Gasteiger charge is 2.44. The first-order valence-corrected chi connectivity index (χ1v) is 42.1. The first-order chi connectivity index (χ1) is 53.6. The zero-order chi connectivity index (χ0) is 78.5. The smallest absolute Gasteiger partial charge is 0.269 e. The Labute approximate surface area is 665 Å². The van der Waals surface area contributed by atoms with Crippen LogP contribution in [0.15, 0.2) is 198 Å². The van der Waals surface area contributed by atoms with Crippen LogP contribution in [0.5, 0.6) is 0 Å². The van der Waals surface area contributed by atoms with E-state index in [0.29, 0.717) is 55.2 Å². The summed E-state index contributed by atoms with van der Waals surface area (Å²) in [6.07, 6.45) is 30.7. The van der Waals surface area contributed by atoms with Crippen molar-refractivity contribution >= 4 is 81.4 Å². The third-order valence-corrected chi connectivity index (χ3v) is 27.7. The Hall–Kier alpha value is -9.37. The number of aromatic nitrogens is 12. The maximum atomic E-state index is 13.7. The molecular formula is C82H92ClF6N15O7S3. The molecule has 1 N–H and O–H groups in total. The summed E-state index contributed by atoms with van der Waals surface area (Å²) in [6.45, 7) is 1.00. The molecule has 0 amide bonds. The van der Waals surface area contributed by atoms with Gasteiger partial charge < -0.3 is 5.32 Å². The quantitative estimate of drug-likeness (QED) is 0.0995. The number of benzene rings is 3. The number of likely N-dealkylation sites (tertiary alicyclic amines) is 2. The number of carbonyl (C=O) groups excluding carboxylic acids is 1. The number of pyridine rings is 3. The van der Waals surface area contributed by atoms with Gasteiger partial charge in [-0.3, -0.25) is 28.6 Å². The molecule has 0 spiro atoms. The molecule has 12 aromatic rings. The van der Waals surface area contributed by atoms with Crippen LogP contribution in [0.1, 0.15) is 138 Å². The molecule has 6 fully saturated rings. The number of aryl methyl sites for hydroxylation is 3. The fourth-order valence-corrected chi connectivity index (χ4v) is 20.6. The lowest BCUT2D eigenvalue weighted by molar-refractivity contribution is -0.120. The monoisotopic (exact) mass is 1640 g/mol. The number of nitrogens with one attached hydrogen (secondary N) is 1. The molecule has 0 atom stereocenters. The van der Waals surface area contributed by atoms with E-state index in [1.165, 1.54) is 11.9 Å². The molecule has 6 aliphatic rings. The first-order valence-electron chi connectivity index (χ1n) is 37.8. The van der Waals surface area contributed by atoms with E-state index in [0.717, 1.165) is 130 Å². The number of halogens is 7. The fraction of sp³-hybridized carbons (Fsp3) is 0.402. The van der Waals surface area contributed by atoms with Crippen LogP contribution in [-0.4, -0.2) is 166 Å². The average molecular weight is 1650 g/mol. The van der Waals surface area contributed by atoms with Gasteiger partial charge in [0.2, 0.25) is 0 Å². The Bertz CT molecular complexity index is 5510. The van der Waals surface area contributed by atoms with E-state index in [4.69, 9.17) is 0 Å². The normalized spacial score (nSPS) is 20.6. The van der Waals surface area contributed by atoms with Crippen molar-refractivity contribution in [2.24, 2.45) is 21.1 Å². The van der Waals surface area contributed by atoms with Gasteiger partial charge in [0.25, 0.3) is 47.8 Å². The van der Waals surface area contributed by atoms with Crippen LogP contribution in [0.3, 0.4) is 0 Å². The van der Waals surface area contributed by atoms with Crippen molar-refractivity contribution < 1.29 is 56.4 Å². The van der Waals surface area contributed by atoms with Crippen LogP contribution < -0.4 is 5.32 Å². The standard InChI is InChI=1S/2C27H29F2N5O2S.C23H22N4O3S.C4H7F2N.CH4.ClH/c2*1-32-16-21(15-31-32)25-17-34(37(35,36)23-5-3-2-4-6-23)26-24(25)13-20(14-30-26)19-7-9-22(10-8-19)33-12-11-27(28,29)18-33;1-26-14-18(13-25-26)22-15-27(31(29,30)20-5-3-2-4-6-20)23-21(22)11-17(12-24-23)16-7-9-19(28)10-8-16;5-4(6)1-2-7-3-4;;/h2*2-6,13-17,19,22H,7-12,18H2,1H3;2-6,11-16H,7-10H2,1H3;7H,1-3H2;1H4;1H. The highest BCUT2D eigenvalue weighted by atomic mass is 35.5. The summed E-state index contributed by atoms with van der Waals surface area (Å²) in [4.78, 5) is 30.1. The van der Waals surface area contributed by atoms with Gasteiger partial charge in [-0.15, -0.1) is 12.4 Å². The molecule has 9 aromatic heterocycles. The molecule has 3 saturated carbocycles. The lowest BCUT2D eigenvalue weighted by atomic mass is 9.81. The first kappa shape index (κ1) is 82.6. The molecule has 3 saturated heterocycles. The Morgan fingerprint density at radius 1 is 0.412 bits per heavy atom. The number of alkyl halides is 6. The molecule has 22 nitrogen and oxygen atoms in total. The van der Waals surface area contributed by atoms with E-state index in [9.17, 15) is 56.4 Å². The van der Waals surface area contributed by atoms with Crippen molar-refractivity contribution in [1.29, 1.82) is 0 Å². The van der Waals surface area contributed by atoms with Gasteiger partial charge in [-0.2, -0.15) is 15.3 Å². The van der Waals surface area contributed by atoms with E-state index in [1.807, 2.05) is 55.6 Å². The van der Waals surface area contributed by atoms with Crippen molar-refractivity contribution in [3.05, 3.63) is 200 Å². The summed E-state index contributed by atoms with van der Waals surface area (Å²) in [6, 6.07) is 31.6. The van der Waals surface area contributed by atoms with Crippen LogP contribution in [0, 0.1) is 0 Å². The van der Waals surface area contributed by atoms with Gasteiger partial charge in [0.05, 0.1) is 52.9 Å². The molecule has 3 aliphatic heterocycles. The van der Waals surface area contributed by atoms with E-state index in [1.54, 1.807) is 161 Å². The maximum absolute atomic E-state index is 13.7. The van der Waals surface area contributed by atoms with Gasteiger partial charge in [0, 0.05) is 190 Å². The van der Waals surface area contributed by atoms with Crippen LogP contribution >= 0.6 is 12.4 Å². The molecule has 0 radical (unpaired) electrons. The molecule has 18 rings (SSSR count). The van der Waals surface area contributed by atoms with Gasteiger partial charge >= 0.3 is 0 Å². The van der Waals surface area contributed by atoms with E-state index in [2.05, 4.69) is 47.7 Å². The van der Waals surface area contributed by atoms with Crippen molar-refractivity contribution in [2.45, 2.75) is 166 Å². The van der Waals surface area contributed by atoms with Gasteiger partial charge in [-0.25, -0.2) is 78.5 Å². The predicted molar refractivity (Wildman–Crippen MR) is 428 cm³/mol. The number of fused-ring (bicyclic) bond motifs is 3. The Morgan fingerprint density at radius 3 is 0.982 bits per heavy atom.